The van der Waals surface area contributed by atoms with Crippen LogP contribution in [0.4, 0.5) is 0 Å². The summed E-state index contributed by atoms with van der Waals surface area (Å²) in [5.41, 5.74) is 0.702. The highest BCUT2D eigenvalue weighted by Crippen LogP contribution is 2.23. The Kier molecular flexibility index (Phi) is 3.53. The Morgan fingerprint density at radius 1 is 1.50 bits per heavy atom. The maximum atomic E-state index is 10.9. The zero-order chi connectivity index (χ0) is 10.8. The van der Waals surface area contributed by atoms with E-state index in [2.05, 4.69) is 15.9 Å². The van der Waals surface area contributed by atoms with Crippen LogP contribution in [0.25, 0.3) is 0 Å². The summed E-state index contributed by atoms with van der Waals surface area (Å²) < 4.78 is 22.3. The minimum absolute atomic E-state index is 0.309. The van der Waals surface area contributed by atoms with E-state index in [9.17, 15) is 8.42 Å². The normalized spacial score (nSPS) is 10.9. The van der Waals surface area contributed by atoms with Gasteiger partial charge < -0.3 is 0 Å². The van der Waals surface area contributed by atoms with Crippen molar-refractivity contribution < 1.29 is 8.42 Å². The van der Waals surface area contributed by atoms with E-state index in [4.69, 9.17) is 15.9 Å². The van der Waals surface area contributed by atoms with Crippen LogP contribution in [0.2, 0.25) is 0 Å². The molecule has 3 nitrogen and oxygen atoms in total. The molecule has 0 amide bonds. The number of nitriles is 1. The van der Waals surface area contributed by atoms with Gasteiger partial charge in [-0.2, -0.15) is 5.26 Å². The zero-order valence-corrected chi connectivity index (χ0v) is 10.0. The third kappa shape index (κ3) is 2.98. The van der Waals surface area contributed by atoms with Crippen molar-refractivity contribution in [2.24, 2.45) is 0 Å². The second kappa shape index (κ2) is 4.30. The van der Waals surface area contributed by atoms with Crippen molar-refractivity contribution in [1.82, 2.24) is 0 Å². The lowest BCUT2D eigenvalue weighted by molar-refractivity contribution is 0.609. The molecule has 1 aromatic carbocycles. The number of halogens is 2. The lowest BCUT2D eigenvalue weighted by Gasteiger charge is -2.03. The van der Waals surface area contributed by atoms with Gasteiger partial charge in [-0.1, -0.05) is 22.0 Å². The van der Waals surface area contributed by atoms with Gasteiger partial charge >= 0.3 is 0 Å². The van der Waals surface area contributed by atoms with Crippen LogP contribution in [0, 0.1) is 11.3 Å². The van der Waals surface area contributed by atoms with E-state index in [0.29, 0.717) is 15.6 Å². The van der Waals surface area contributed by atoms with Crippen LogP contribution in [-0.4, -0.2) is 8.42 Å². The smallest absolute Gasteiger partial charge is 0.212 e. The van der Waals surface area contributed by atoms with Gasteiger partial charge in [0.15, 0.2) is 0 Å². The van der Waals surface area contributed by atoms with Crippen LogP contribution in [0.1, 0.15) is 11.1 Å². The number of nitrogens with zero attached hydrogens (tertiary/aromatic N) is 1. The molecule has 6 heteroatoms. The molecule has 0 aliphatic carbocycles. The van der Waals surface area contributed by atoms with Crippen LogP contribution in [0.5, 0.6) is 0 Å². The molecule has 0 atom stereocenters. The molecule has 0 aliphatic rings. The summed E-state index contributed by atoms with van der Waals surface area (Å²) in [6.45, 7) is 0. The molecule has 0 bridgehead atoms. The van der Waals surface area contributed by atoms with Gasteiger partial charge in [0.25, 0.3) is 0 Å². The third-order valence-corrected chi connectivity index (χ3v) is 3.26. The first kappa shape index (κ1) is 11.5. The minimum Gasteiger partial charge on any atom is -0.212 e. The molecule has 0 N–H and O–H groups in total. The van der Waals surface area contributed by atoms with Crippen molar-refractivity contribution in [2.45, 2.75) is 5.75 Å². The predicted molar refractivity (Wildman–Crippen MR) is 57.3 cm³/mol. The van der Waals surface area contributed by atoms with Crippen LogP contribution >= 0.6 is 26.6 Å². The number of hydrogen-bond acceptors (Lipinski definition) is 3. The fourth-order valence-corrected chi connectivity index (χ4v) is 2.66. The highest BCUT2D eigenvalue weighted by atomic mass is 79.9. The average Bonchev–Trinajstić information content (AvgIpc) is 2.06. The standard InChI is InChI=1S/C8H5BrClNO2S/c9-8-3-1-2-6(4-11)7(8)5-14(10,12)13/h1-3H,5H2. The van der Waals surface area contributed by atoms with E-state index in [0.717, 1.165) is 0 Å². The van der Waals surface area contributed by atoms with Gasteiger partial charge in [-0.05, 0) is 12.1 Å². The Hall–Kier alpha value is -0.570. The number of rotatable bonds is 2. The van der Waals surface area contributed by atoms with Gasteiger partial charge in [-0.25, -0.2) is 8.42 Å². The maximum Gasteiger partial charge on any atom is 0.236 e. The van der Waals surface area contributed by atoms with Crippen LogP contribution in [-0.2, 0) is 14.8 Å². The first-order chi connectivity index (χ1) is 6.44. The molecule has 0 saturated heterocycles. The lowest BCUT2D eigenvalue weighted by Crippen LogP contribution is -1.99. The van der Waals surface area contributed by atoms with Crippen molar-refractivity contribution >= 4 is 35.7 Å². The summed E-state index contributed by atoms with van der Waals surface area (Å²) in [5, 5.41) is 8.73. The molecule has 0 saturated carbocycles. The minimum atomic E-state index is -3.64. The Balaban J connectivity index is 3.27. The van der Waals surface area contributed by atoms with E-state index in [-0.39, 0.29) is 5.75 Å². The highest BCUT2D eigenvalue weighted by Gasteiger charge is 2.13. The molecule has 0 unspecified atom stereocenters. The molecule has 0 heterocycles. The van der Waals surface area contributed by atoms with E-state index < -0.39 is 9.05 Å². The lowest BCUT2D eigenvalue weighted by atomic mass is 10.1. The van der Waals surface area contributed by atoms with Crippen molar-refractivity contribution in [3.05, 3.63) is 33.8 Å². The van der Waals surface area contributed by atoms with Gasteiger partial charge in [-0.3, -0.25) is 0 Å². The predicted octanol–water partition coefficient (Wildman–Crippen LogP) is 2.39. The van der Waals surface area contributed by atoms with E-state index in [1.165, 1.54) is 0 Å². The fourth-order valence-electron chi connectivity index (χ4n) is 0.983. The molecular weight excluding hydrogens is 290 g/mol. The van der Waals surface area contributed by atoms with Gasteiger partial charge in [-0.15, -0.1) is 0 Å². The van der Waals surface area contributed by atoms with E-state index in [1.54, 1.807) is 18.2 Å². The van der Waals surface area contributed by atoms with Crippen LogP contribution in [0.15, 0.2) is 22.7 Å². The first-order valence-electron chi connectivity index (χ1n) is 3.54. The molecule has 0 fully saturated rings. The van der Waals surface area contributed by atoms with E-state index >= 15 is 0 Å². The van der Waals surface area contributed by atoms with Crippen molar-refractivity contribution in [3.8, 4) is 6.07 Å². The number of hydrogen-bond donors (Lipinski definition) is 0. The quantitative estimate of drug-likeness (QED) is 0.787. The molecule has 0 aromatic heterocycles. The zero-order valence-electron chi connectivity index (χ0n) is 6.87. The molecule has 14 heavy (non-hydrogen) atoms. The van der Waals surface area contributed by atoms with Crippen LogP contribution in [0.3, 0.4) is 0 Å². The Morgan fingerprint density at radius 3 is 2.64 bits per heavy atom. The SMILES string of the molecule is N#Cc1cccc(Br)c1CS(=O)(=O)Cl. The summed E-state index contributed by atoms with van der Waals surface area (Å²) >= 11 is 3.17. The van der Waals surface area contributed by atoms with E-state index in [1.807, 2.05) is 6.07 Å². The Labute approximate surface area is 94.9 Å². The van der Waals surface area contributed by atoms with Gasteiger partial charge in [0, 0.05) is 20.7 Å². The van der Waals surface area contributed by atoms with Crippen molar-refractivity contribution in [2.75, 3.05) is 0 Å². The summed E-state index contributed by atoms with van der Waals surface area (Å²) in [7, 11) is 1.47. The molecule has 74 valence electrons. The summed E-state index contributed by atoms with van der Waals surface area (Å²) in [6.07, 6.45) is 0. The molecule has 0 aliphatic heterocycles. The Bertz CT molecular complexity index is 493. The topological polar surface area (TPSA) is 57.9 Å². The first-order valence-corrected chi connectivity index (χ1v) is 6.81. The van der Waals surface area contributed by atoms with Crippen LogP contribution < -0.4 is 0 Å². The van der Waals surface area contributed by atoms with Crippen molar-refractivity contribution in [1.29, 1.82) is 5.26 Å². The average molecular weight is 295 g/mol. The second-order valence-corrected chi connectivity index (χ2v) is 6.19. The monoisotopic (exact) mass is 293 g/mol. The molecule has 1 aromatic rings. The molecule has 0 radical (unpaired) electrons. The number of benzene rings is 1. The van der Waals surface area contributed by atoms with Gasteiger partial charge in [0.2, 0.25) is 9.05 Å². The summed E-state index contributed by atoms with van der Waals surface area (Å²) in [6, 6.07) is 6.77. The van der Waals surface area contributed by atoms with Gasteiger partial charge in [0.05, 0.1) is 17.4 Å². The largest absolute Gasteiger partial charge is 0.236 e. The summed E-state index contributed by atoms with van der Waals surface area (Å²) in [4.78, 5) is 0. The molecular formula is C8H5BrClNO2S. The summed E-state index contributed by atoms with van der Waals surface area (Å²) in [5.74, 6) is -0.348. The molecule has 1 rings (SSSR count). The third-order valence-electron chi connectivity index (χ3n) is 1.56. The van der Waals surface area contributed by atoms with Gasteiger partial charge in [0.1, 0.15) is 0 Å². The van der Waals surface area contributed by atoms with Crippen molar-refractivity contribution in [3.63, 3.8) is 0 Å². The fraction of sp³-hybridized carbons (Fsp3) is 0.125. The second-order valence-electron chi connectivity index (χ2n) is 2.56. The highest BCUT2D eigenvalue weighted by molar-refractivity contribution is 9.10. The maximum absolute atomic E-state index is 10.9. The Morgan fingerprint density at radius 2 is 2.14 bits per heavy atom. The molecule has 0 spiro atoms.